The van der Waals surface area contributed by atoms with Gasteiger partial charge in [-0.05, 0) is 41.7 Å². The van der Waals surface area contributed by atoms with Crippen LogP contribution in [-0.4, -0.2) is 51.0 Å². The van der Waals surface area contributed by atoms with Crippen molar-refractivity contribution in [3.05, 3.63) is 50.6 Å². The third kappa shape index (κ3) is 18.3. The van der Waals surface area contributed by atoms with E-state index in [1.807, 2.05) is 24.3 Å². The molecular weight excluding hydrogens is 410 g/mol. The van der Waals surface area contributed by atoms with E-state index in [0.717, 1.165) is 30.7 Å². The molecule has 0 amide bonds. The first kappa shape index (κ1) is 29.7. The summed E-state index contributed by atoms with van der Waals surface area (Å²) >= 11 is 0. The van der Waals surface area contributed by atoms with E-state index in [0.29, 0.717) is 19.3 Å². The van der Waals surface area contributed by atoms with Crippen molar-refractivity contribution in [3.8, 4) is 0 Å². The van der Waals surface area contributed by atoms with Crippen molar-refractivity contribution in [2.24, 2.45) is 0 Å². The highest BCUT2D eigenvalue weighted by Gasteiger charge is 2.25. The number of alkyl halides is 3. The molecule has 0 bridgehead atoms. The molecule has 0 fully saturated rings. The first-order valence-electron chi connectivity index (χ1n) is 9.39. The van der Waals surface area contributed by atoms with Gasteiger partial charge < -0.3 is 4.48 Å². The summed E-state index contributed by atoms with van der Waals surface area (Å²) in [4.78, 5) is 0. The summed E-state index contributed by atoms with van der Waals surface area (Å²) in [6.45, 7) is 18.8. The van der Waals surface area contributed by atoms with E-state index >= 15 is 0 Å². The van der Waals surface area contributed by atoms with Crippen molar-refractivity contribution in [3.63, 3.8) is 0 Å². The zero-order chi connectivity index (χ0) is 22.8. The van der Waals surface area contributed by atoms with Crippen LogP contribution in [0.15, 0.2) is 50.6 Å². The maximum absolute atomic E-state index is 11.7. The molecule has 0 saturated carbocycles. The van der Waals surface area contributed by atoms with Gasteiger partial charge in [0, 0.05) is 6.42 Å². The second-order valence-electron chi connectivity index (χ2n) is 6.68. The molecule has 0 aromatic rings. The summed E-state index contributed by atoms with van der Waals surface area (Å²) in [6.07, 6.45) is 4.37. The highest BCUT2D eigenvalue weighted by Crippen LogP contribution is 2.23. The van der Waals surface area contributed by atoms with E-state index < -0.39 is 28.5 Å². The first-order valence-corrected chi connectivity index (χ1v) is 11.0. The molecule has 4 nitrogen and oxygen atoms in total. The third-order valence-corrected chi connectivity index (χ3v) is 5.00. The van der Waals surface area contributed by atoms with Crippen molar-refractivity contribution in [2.45, 2.75) is 44.7 Å². The highest BCUT2D eigenvalue weighted by atomic mass is 32.2. The van der Waals surface area contributed by atoms with Crippen LogP contribution < -0.4 is 0 Å². The third-order valence-electron chi connectivity index (χ3n) is 4.02. The minimum atomic E-state index is -4.13. The van der Waals surface area contributed by atoms with Gasteiger partial charge in [-0.15, -0.1) is 0 Å². The van der Waals surface area contributed by atoms with Gasteiger partial charge in [-0.25, -0.2) is 0 Å². The molecule has 0 spiro atoms. The molecule has 0 heterocycles. The van der Waals surface area contributed by atoms with Gasteiger partial charge in [-0.1, -0.05) is 50.0 Å². The fourth-order valence-corrected chi connectivity index (χ4v) is 3.33. The quantitative estimate of drug-likeness (QED) is 0.133. The summed E-state index contributed by atoms with van der Waals surface area (Å²) in [5.74, 6) is -0.442. The average Bonchev–Trinajstić information content (AvgIpc) is 2.61. The van der Waals surface area contributed by atoms with Gasteiger partial charge in [0.2, 0.25) is 0 Å². The Bertz CT molecular complexity index is 529. The predicted molar refractivity (Wildman–Crippen MR) is 110 cm³/mol. The van der Waals surface area contributed by atoms with Crippen LogP contribution >= 0.6 is 0 Å². The summed E-state index contributed by atoms with van der Waals surface area (Å²) in [5.41, 5.74) is 0. The van der Waals surface area contributed by atoms with E-state index in [2.05, 4.69) is 30.7 Å². The Labute approximate surface area is 172 Å². The molecule has 0 aromatic heterocycles. The second-order valence-corrected chi connectivity index (χ2v) is 8.33. The Morgan fingerprint density at radius 2 is 1.14 bits per heavy atom. The number of quaternary nitrogens is 1. The van der Waals surface area contributed by atoms with E-state index in [1.54, 1.807) is 0 Å². The zero-order valence-electron chi connectivity index (χ0n) is 17.0. The number of unbranched alkanes of at least 4 members (excludes halogenated alkanes) is 4. The number of hydrogen-bond donors (Lipinski definition) is 0. The Morgan fingerprint density at radius 3 is 1.48 bits per heavy atom. The van der Waals surface area contributed by atoms with E-state index in [4.69, 9.17) is 0 Å². The summed E-state index contributed by atoms with van der Waals surface area (Å²) in [5, 5.41) is 0. The van der Waals surface area contributed by atoms with Crippen LogP contribution in [0.4, 0.5) is 17.7 Å². The molecule has 0 atom stereocenters. The second kappa shape index (κ2) is 16.4. The zero-order valence-corrected chi connectivity index (χ0v) is 17.8. The number of nitrogens with zero attached hydrogens (tertiary/aromatic N) is 1. The minimum absolute atomic E-state index is 0.0376. The SMILES string of the molecule is C=CC[N+](CC=C)(CC=C)CC=C.O=S(=O)(CCCCCCCC(F)(F)F)OF. The smallest absolute Gasteiger partial charge is 0.311 e. The minimum Gasteiger partial charge on any atom is -0.311 e. The molecule has 0 aromatic carbocycles. The fourth-order valence-electron chi connectivity index (χ4n) is 2.71. The lowest BCUT2D eigenvalue weighted by Gasteiger charge is -2.35. The van der Waals surface area contributed by atoms with Crippen molar-refractivity contribution < 1.29 is 35.0 Å². The van der Waals surface area contributed by atoms with Crippen molar-refractivity contribution in [2.75, 3.05) is 31.9 Å². The van der Waals surface area contributed by atoms with E-state index in [9.17, 15) is 26.1 Å². The van der Waals surface area contributed by atoms with Gasteiger partial charge in [0.1, 0.15) is 0 Å². The van der Waals surface area contributed by atoms with Crippen LogP contribution in [0.2, 0.25) is 0 Å². The van der Waals surface area contributed by atoms with Gasteiger partial charge in [0.25, 0.3) is 10.1 Å². The Morgan fingerprint density at radius 1 is 0.759 bits per heavy atom. The Balaban J connectivity index is 0. The average molecular weight is 445 g/mol. The predicted octanol–water partition coefficient (Wildman–Crippen LogP) is 5.67. The highest BCUT2D eigenvalue weighted by molar-refractivity contribution is 7.86. The molecule has 0 N–H and O–H groups in total. The van der Waals surface area contributed by atoms with Crippen molar-refractivity contribution in [1.29, 1.82) is 0 Å². The molecule has 0 radical (unpaired) electrons. The Hall–Kier alpha value is -1.45. The number of hydrogen-bond acceptors (Lipinski definition) is 3. The maximum atomic E-state index is 11.7. The maximum Gasteiger partial charge on any atom is 0.389 e. The van der Waals surface area contributed by atoms with Gasteiger partial charge in [0.15, 0.2) is 0 Å². The van der Waals surface area contributed by atoms with Gasteiger partial charge in [0.05, 0.1) is 31.9 Å². The largest absolute Gasteiger partial charge is 0.389 e. The summed E-state index contributed by atoms with van der Waals surface area (Å²) in [7, 11) is -4.08. The molecule has 0 saturated heterocycles. The number of halogens is 4. The summed E-state index contributed by atoms with van der Waals surface area (Å²) < 4.78 is 71.0. The molecule has 0 rings (SSSR count). The van der Waals surface area contributed by atoms with Crippen LogP contribution in [0.25, 0.3) is 0 Å². The van der Waals surface area contributed by atoms with E-state index in [-0.39, 0.29) is 12.8 Å². The van der Waals surface area contributed by atoms with Gasteiger partial charge in [-0.3, -0.25) is 0 Å². The van der Waals surface area contributed by atoms with Crippen LogP contribution in [-0.2, 0) is 14.5 Å². The lowest BCUT2D eigenvalue weighted by molar-refractivity contribution is -0.906. The summed E-state index contributed by atoms with van der Waals surface area (Å²) in [6, 6.07) is 0. The fraction of sp³-hybridized carbons (Fsp3) is 0.600. The van der Waals surface area contributed by atoms with Crippen LogP contribution in [0, 0.1) is 0 Å². The van der Waals surface area contributed by atoms with Gasteiger partial charge >= 0.3 is 6.18 Å². The van der Waals surface area contributed by atoms with Crippen LogP contribution in [0.1, 0.15) is 38.5 Å². The molecule has 9 heteroatoms. The Kier molecular flexibility index (Phi) is 16.8. The normalized spacial score (nSPS) is 11.9. The lowest BCUT2D eigenvalue weighted by atomic mass is 10.1. The molecular formula is C20H34F4NO3S+. The first-order chi connectivity index (χ1) is 13.5. The van der Waals surface area contributed by atoms with E-state index in [1.165, 1.54) is 0 Å². The van der Waals surface area contributed by atoms with Gasteiger partial charge in [-0.2, -0.15) is 21.6 Å². The topological polar surface area (TPSA) is 43.4 Å². The molecule has 0 aliphatic rings. The molecule has 170 valence electrons. The lowest BCUT2D eigenvalue weighted by Crippen LogP contribution is -2.48. The van der Waals surface area contributed by atoms with Crippen LogP contribution in [0.5, 0.6) is 0 Å². The molecule has 0 unspecified atom stereocenters. The van der Waals surface area contributed by atoms with Crippen LogP contribution in [0.3, 0.4) is 0 Å². The van der Waals surface area contributed by atoms with Crippen molar-refractivity contribution in [1.82, 2.24) is 0 Å². The standard InChI is InChI=1S/C12H20N.C8H14F4O3S/c1-5-9-13(10-6-2,11-7-3)12-8-4;9-8(10,11)6-4-2-1-3-5-7-16(13,14)15-12/h5-8H,1-4,9-12H2;1-7H2/q+1;. The number of rotatable bonds is 16. The molecule has 0 aliphatic carbocycles. The monoisotopic (exact) mass is 444 g/mol. The van der Waals surface area contributed by atoms with Crippen molar-refractivity contribution >= 4 is 10.1 Å². The molecule has 0 aliphatic heterocycles. The molecule has 29 heavy (non-hydrogen) atoms.